The number of hydrogen-bond acceptors (Lipinski definition) is 3. The van der Waals surface area contributed by atoms with Gasteiger partial charge in [0.1, 0.15) is 0 Å². The Bertz CT molecular complexity index is 317. The average molecular weight is 224 g/mol. The second-order valence-electron chi connectivity index (χ2n) is 4.67. The third-order valence-corrected chi connectivity index (χ3v) is 2.61. The summed E-state index contributed by atoms with van der Waals surface area (Å²) in [6.45, 7) is 6.32. The Labute approximate surface area is 98.6 Å². The van der Waals surface area contributed by atoms with E-state index >= 15 is 0 Å². The molecule has 1 aromatic rings. The molecule has 1 unspecified atom stereocenters. The number of aromatic nitrogens is 2. The van der Waals surface area contributed by atoms with Crippen molar-refractivity contribution in [2.75, 3.05) is 20.6 Å². The van der Waals surface area contributed by atoms with Crippen LogP contribution < -0.4 is 5.32 Å². The van der Waals surface area contributed by atoms with E-state index < -0.39 is 0 Å². The highest BCUT2D eigenvalue weighted by Crippen LogP contribution is 2.06. The fourth-order valence-corrected chi connectivity index (χ4v) is 1.93. The summed E-state index contributed by atoms with van der Waals surface area (Å²) in [5.41, 5.74) is 2.52. The number of hydrogen-bond donors (Lipinski definition) is 1. The molecule has 0 amide bonds. The fraction of sp³-hybridized carbons (Fsp3) is 0.750. The molecule has 0 bridgehead atoms. The van der Waals surface area contributed by atoms with Gasteiger partial charge in [-0.05, 0) is 27.4 Å². The molecule has 4 nitrogen and oxygen atoms in total. The molecule has 0 aliphatic carbocycles. The van der Waals surface area contributed by atoms with Gasteiger partial charge in [0.25, 0.3) is 0 Å². The van der Waals surface area contributed by atoms with Crippen molar-refractivity contribution in [2.45, 2.75) is 32.9 Å². The summed E-state index contributed by atoms with van der Waals surface area (Å²) in [5, 5.41) is 7.96. The Kier molecular flexibility index (Phi) is 4.96. The maximum atomic E-state index is 4.43. The topological polar surface area (TPSA) is 33.1 Å². The molecule has 0 aromatic carbocycles. The van der Waals surface area contributed by atoms with Gasteiger partial charge in [-0.2, -0.15) is 5.10 Å². The fourth-order valence-electron chi connectivity index (χ4n) is 1.93. The van der Waals surface area contributed by atoms with Gasteiger partial charge in [0.05, 0.1) is 5.69 Å². The van der Waals surface area contributed by atoms with E-state index in [1.807, 2.05) is 11.7 Å². The third-order valence-electron chi connectivity index (χ3n) is 2.61. The minimum absolute atomic E-state index is 0.500. The normalized spacial score (nSPS) is 13.4. The van der Waals surface area contributed by atoms with E-state index in [0.717, 1.165) is 19.5 Å². The zero-order valence-electron chi connectivity index (χ0n) is 11.1. The van der Waals surface area contributed by atoms with E-state index in [1.165, 1.54) is 11.3 Å². The summed E-state index contributed by atoms with van der Waals surface area (Å²) < 4.78 is 1.90. The number of likely N-dealkylation sites (N-methyl/N-ethyl adjacent to an activating group) is 1. The lowest BCUT2D eigenvalue weighted by Crippen LogP contribution is -2.35. The first kappa shape index (κ1) is 13.2. The molecule has 1 aromatic heterocycles. The number of rotatable bonds is 6. The summed E-state index contributed by atoms with van der Waals surface area (Å²) in [5.74, 6) is 0. The van der Waals surface area contributed by atoms with Crippen molar-refractivity contribution in [3.63, 3.8) is 0 Å². The van der Waals surface area contributed by atoms with Crippen LogP contribution in [0, 0.1) is 0 Å². The van der Waals surface area contributed by atoms with Crippen LogP contribution in [-0.4, -0.2) is 41.4 Å². The minimum atomic E-state index is 0.500. The second kappa shape index (κ2) is 6.01. The van der Waals surface area contributed by atoms with Crippen LogP contribution in [0.3, 0.4) is 0 Å². The van der Waals surface area contributed by atoms with Gasteiger partial charge in [-0.1, -0.05) is 6.92 Å². The van der Waals surface area contributed by atoms with Crippen LogP contribution in [0.2, 0.25) is 0 Å². The average Bonchev–Trinajstić information content (AvgIpc) is 2.55. The van der Waals surface area contributed by atoms with Crippen molar-refractivity contribution in [2.24, 2.45) is 7.05 Å². The lowest BCUT2D eigenvalue weighted by molar-refractivity contribution is 0.349. The molecule has 1 N–H and O–H groups in total. The van der Waals surface area contributed by atoms with E-state index in [0.29, 0.717) is 6.04 Å². The standard InChI is InChI=1S/C12H24N4/c1-6-12-11(9-16(5)14-12)7-13-10(2)8-15(3)4/h9-10,13H,6-8H2,1-5H3. The molecule has 1 rings (SSSR count). The largest absolute Gasteiger partial charge is 0.309 e. The Morgan fingerprint density at radius 2 is 2.19 bits per heavy atom. The monoisotopic (exact) mass is 224 g/mol. The smallest absolute Gasteiger partial charge is 0.0666 e. The van der Waals surface area contributed by atoms with Gasteiger partial charge in [0, 0.05) is 37.9 Å². The van der Waals surface area contributed by atoms with E-state index in [-0.39, 0.29) is 0 Å². The molecular formula is C12H24N4. The maximum absolute atomic E-state index is 4.43. The Hall–Kier alpha value is -0.870. The molecule has 0 aliphatic rings. The lowest BCUT2D eigenvalue weighted by Gasteiger charge is -2.18. The summed E-state index contributed by atoms with van der Waals surface area (Å²) in [6, 6.07) is 0.500. The van der Waals surface area contributed by atoms with E-state index in [1.54, 1.807) is 0 Å². The molecule has 16 heavy (non-hydrogen) atoms. The molecular weight excluding hydrogens is 200 g/mol. The zero-order chi connectivity index (χ0) is 12.1. The highest BCUT2D eigenvalue weighted by molar-refractivity contribution is 5.16. The van der Waals surface area contributed by atoms with E-state index in [2.05, 4.69) is 49.5 Å². The van der Waals surface area contributed by atoms with Crippen LogP contribution in [0.5, 0.6) is 0 Å². The first-order chi connectivity index (χ1) is 7.52. The van der Waals surface area contributed by atoms with Crippen molar-refractivity contribution in [1.29, 1.82) is 0 Å². The van der Waals surface area contributed by atoms with Crippen LogP contribution in [0.15, 0.2) is 6.20 Å². The quantitative estimate of drug-likeness (QED) is 0.783. The van der Waals surface area contributed by atoms with Crippen molar-refractivity contribution in [1.82, 2.24) is 20.0 Å². The Morgan fingerprint density at radius 3 is 2.75 bits per heavy atom. The Balaban J connectivity index is 2.47. The number of nitrogens with one attached hydrogen (secondary N) is 1. The zero-order valence-corrected chi connectivity index (χ0v) is 11.1. The lowest BCUT2D eigenvalue weighted by atomic mass is 10.2. The highest BCUT2D eigenvalue weighted by atomic mass is 15.3. The van der Waals surface area contributed by atoms with Gasteiger partial charge in [-0.3, -0.25) is 4.68 Å². The molecule has 0 fully saturated rings. The predicted molar refractivity (Wildman–Crippen MR) is 67.4 cm³/mol. The third kappa shape index (κ3) is 3.94. The molecule has 0 aliphatic heterocycles. The van der Waals surface area contributed by atoms with Crippen molar-refractivity contribution in [3.8, 4) is 0 Å². The van der Waals surface area contributed by atoms with E-state index in [9.17, 15) is 0 Å². The summed E-state index contributed by atoms with van der Waals surface area (Å²) in [6.07, 6.45) is 3.11. The molecule has 4 heteroatoms. The van der Waals surface area contributed by atoms with Gasteiger partial charge in [0.2, 0.25) is 0 Å². The van der Waals surface area contributed by atoms with Gasteiger partial charge < -0.3 is 10.2 Å². The molecule has 92 valence electrons. The summed E-state index contributed by atoms with van der Waals surface area (Å²) >= 11 is 0. The van der Waals surface area contributed by atoms with Crippen LogP contribution in [0.1, 0.15) is 25.1 Å². The van der Waals surface area contributed by atoms with Gasteiger partial charge in [-0.25, -0.2) is 0 Å². The van der Waals surface area contributed by atoms with Crippen LogP contribution in [-0.2, 0) is 20.0 Å². The first-order valence-electron chi connectivity index (χ1n) is 5.92. The SMILES string of the molecule is CCc1nn(C)cc1CNC(C)CN(C)C. The first-order valence-corrected chi connectivity index (χ1v) is 5.92. The van der Waals surface area contributed by atoms with E-state index in [4.69, 9.17) is 0 Å². The van der Waals surface area contributed by atoms with Crippen molar-refractivity contribution < 1.29 is 0 Å². The predicted octanol–water partition coefficient (Wildman–Crippen LogP) is 1.02. The minimum Gasteiger partial charge on any atom is -0.309 e. The van der Waals surface area contributed by atoms with Crippen LogP contribution in [0.4, 0.5) is 0 Å². The molecule has 0 radical (unpaired) electrons. The van der Waals surface area contributed by atoms with Gasteiger partial charge in [-0.15, -0.1) is 0 Å². The van der Waals surface area contributed by atoms with Crippen LogP contribution >= 0.6 is 0 Å². The van der Waals surface area contributed by atoms with Crippen LogP contribution in [0.25, 0.3) is 0 Å². The summed E-state index contributed by atoms with van der Waals surface area (Å²) in [7, 11) is 6.17. The number of nitrogens with zero attached hydrogens (tertiary/aromatic N) is 3. The molecule has 0 spiro atoms. The van der Waals surface area contributed by atoms with Crippen molar-refractivity contribution >= 4 is 0 Å². The second-order valence-corrected chi connectivity index (χ2v) is 4.67. The molecule has 0 saturated heterocycles. The van der Waals surface area contributed by atoms with Gasteiger partial charge >= 0.3 is 0 Å². The number of aryl methyl sites for hydroxylation is 2. The Morgan fingerprint density at radius 1 is 1.50 bits per heavy atom. The van der Waals surface area contributed by atoms with Crippen molar-refractivity contribution in [3.05, 3.63) is 17.5 Å². The highest BCUT2D eigenvalue weighted by Gasteiger charge is 2.07. The maximum Gasteiger partial charge on any atom is 0.0666 e. The molecule has 1 atom stereocenters. The molecule has 1 heterocycles. The van der Waals surface area contributed by atoms with Gasteiger partial charge in [0.15, 0.2) is 0 Å². The summed E-state index contributed by atoms with van der Waals surface area (Å²) in [4.78, 5) is 2.20. The molecule has 0 saturated carbocycles.